The number of para-hydroxylation sites is 1. The van der Waals surface area contributed by atoms with Crippen molar-refractivity contribution in [3.05, 3.63) is 70.9 Å². The molecule has 0 amide bonds. The van der Waals surface area contributed by atoms with Crippen LogP contribution in [0.3, 0.4) is 0 Å². The molecule has 3 heterocycles. The molecule has 0 fully saturated rings. The van der Waals surface area contributed by atoms with Gasteiger partial charge >= 0.3 is 0 Å². The highest BCUT2D eigenvalue weighted by atomic mass is 79.9. The Morgan fingerprint density at radius 3 is 2.79 bits per heavy atom. The van der Waals surface area contributed by atoms with Gasteiger partial charge in [0.15, 0.2) is 11.5 Å². The molecule has 5 rings (SSSR count). The molecule has 0 bridgehead atoms. The van der Waals surface area contributed by atoms with Crippen LogP contribution in [0.4, 0.5) is 5.69 Å². The summed E-state index contributed by atoms with van der Waals surface area (Å²) in [6, 6.07) is 19.7. The van der Waals surface area contributed by atoms with Gasteiger partial charge in [-0.2, -0.15) is 4.98 Å². The highest BCUT2D eigenvalue weighted by molar-refractivity contribution is 9.10. The Labute approximate surface area is 179 Å². The van der Waals surface area contributed by atoms with Crippen molar-refractivity contribution in [1.29, 1.82) is 0 Å². The topological polar surface area (TPSA) is 73.1 Å². The van der Waals surface area contributed by atoms with Crippen molar-refractivity contribution in [1.82, 2.24) is 15.2 Å². The average molecular weight is 467 g/mol. The molecule has 0 unspecified atom stereocenters. The molecular weight excluding hydrogens is 452 g/mol. The van der Waals surface area contributed by atoms with Gasteiger partial charge < -0.3 is 14.5 Å². The van der Waals surface area contributed by atoms with Gasteiger partial charge in [-0.25, -0.2) is 0 Å². The molecule has 0 radical (unpaired) electrons. The van der Waals surface area contributed by atoms with E-state index in [1.54, 1.807) is 0 Å². The third kappa shape index (κ3) is 3.49. The second-order valence-corrected chi connectivity index (χ2v) is 8.04. The van der Waals surface area contributed by atoms with Crippen LogP contribution in [0.25, 0.3) is 22.6 Å². The molecule has 29 heavy (non-hydrogen) atoms. The molecule has 2 aromatic carbocycles. The van der Waals surface area contributed by atoms with Crippen molar-refractivity contribution >= 4 is 33.4 Å². The van der Waals surface area contributed by atoms with Crippen LogP contribution in [-0.4, -0.2) is 21.4 Å². The van der Waals surface area contributed by atoms with E-state index in [0.717, 1.165) is 27.0 Å². The number of anilines is 1. The van der Waals surface area contributed by atoms with Gasteiger partial charge in [-0.1, -0.05) is 58.0 Å². The van der Waals surface area contributed by atoms with Crippen molar-refractivity contribution in [2.24, 2.45) is 0 Å². The predicted octanol–water partition coefficient (Wildman–Crippen LogP) is 5.79. The lowest BCUT2D eigenvalue weighted by Gasteiger charge is -2.16. The zero-order chi connectivity index (χ0) is 19.8. The van der Waals surface area contributed by atoms with E-state index in [2.05, 4.69) is 36.4 Å². The second-order valence-electron chi connectivity index (χ2n) is 6.35. The van der Waals surface area contributed by atoms with E-state index in [-0.39, 0.29) is 0 Å². The number of nitrogens with zero attached hydrogens (tertiary/aromatic N) is 3. The van der Waals surface area contributed by atoms with E-state index in [0.29, 0.717) is 22.5 Å². The molecular formula is C21H15BrN4O2S. The zero-order valence-corrected chi connectivity index (χ0v) is 17.7. The summed E-state index contributed by atoms with van der Waals surface area (Å²) in [7, 11) is 0. The number of thioether (sulfide) groups is 1. The Hall–Kier alpha value is -2.84. The van der Waals surface area contributed by atoms with Gasteiger partial charge in [0, 0.05) is 21.3 Å². The SMILES string of the molecule is CSc1nnc2c(n1)O[C@H](c1ccc(-c3cccc(Br)c3)o1)Nc1ccccc1-2. The number of ether oxygens (including phenoxy) is 1. The molecule has 2 aromatic heterocycles. The normalized spacial score (nSPS) is 14.9. The van der Waals surface area contributed by atoms with Crippen LogP contribution in [-0.2, 0) is 0 Å². The summed E-state index contributed by atoms with van der Waals surface area (Å²) in [5.41, 5.74) is 3.35. The number of nitrogens with one attached hydrogen (secondary N) is 1. The molecule has 0 saturated carbocycles. The van der Waals surface area contributed by atoms with Gasteiger partial charge in [-0.15, -0.1) is 10.2 Å². The van der Waals surface area contributed by atoms with Crippen molar-refractivity contribution in [3.8, 4) is 28.5 Å². The van der Waals surface area contributed by atoms with Gasteiger partial charge in [0.25, 0.3) is 0 Å². The molecule has 0 spiro atoms. The molecule has 0 aliphatic carbocycles. The fourth-order valence-electron chi connectivity index (χ4n) is 3.15. The van der Waals surface area contributed by atoms with Crippen LogP contribution in [0.2, 0.25) is 0 Å². The summed E-state index contributed by atoms with van der Waals surface area (Å²) in [5, 5.41) is 12.5. The predicted molar refractivity (Wildman–Crippen MR) is 116 cm³/mol. The Balaban J connectivity index is 1.57. The van der Waals surface area contributed by atoms with Gasteiger partial charge in [-0.3, -0.25) is 0 Å². The van der Waals surface area contributed by atoms with Crippen LogP contribution >= 0.6 is 27.7 Å². The van der Waals surface area contributed by atoms with E-state index in [4.69, 9.17) is 9.15 Å². The summed E-state index contributed by atoms with van der Waals surface area (Å²) >= 11 is 4.92. The van der Waals surface area contributed by atoms with Crippen LogP contribution in [0.15, 0.2) is 74.7 Å². The van der Waals surface area contributed by atoms with Crippen LogP contribution in [0.1, 0.15) is 12.0 Å². The number of halogens is 1. The monoisotopic (exact) mass is 466 g/mol. The Kier molecular flexibility index (Phi) is 4.73. The van der Waals surface area contributed by atoms with Gasteiger partial charge in [-0.05, 0) is 36.6 Å². The lowest BCUT2D eigenvalue weighted by Crippen LogP contribution is -2.16. The molecule has 1 aliphatic heterocycles. The summed E-state index contributed by atoms with van der Waals surface area (Å²) in [4.78, 5) is 4.52. The second kappa shape index (κ2) is 7.53. The number of furan rings is 1. The van der Waals surface area contributed by atoms with E-state index in [1.165, 1.54) is 11.8 Å². The molecule has 8 heteroatoms. The number of aromatic nitrogens is 3. The highest BCUT2D eigenvalue weighted by Crippen LogP contribution is 2.40. The number of rotatable bonds is 3. The van der Waals surface area contributed by atoms with Crippen LogP contribution in [0.5, 0.6) is 5.88 Å². The summed E-state index contributed by atoms with van der Waals surface area (Å²) in [5.74, 6) is 1.83. The quantitative estimate of drug-likeness (QED) is 0.383. The lowest BCUT2D eigenvalue weighted by atomic mass is 10.1. The first-order valence-corrected chi connectivity index (χ1v) is 10.9. The van der Waals surface area contributed by atoms with E-state index >= 15 is 0 Å². The Bertz CT molecular complexity index is 1200. The fourth-order valence-corrected chi connectivity index (χ4v) is 3.85. The van der Waals surface area contributed by atoms with Crippen LogP contribution in [0, 0.1) is 0 Å². The zero-order valence-electron chi connectivity index (χ0n) is 15.3. The number of fused-ring (bicyclic) bond motifs is 3. The highest BCUT2D eigenvalue weighted by Gasteiger charge is 2.27. The smallest absolute Gasteiger partial charge is 0.247 e. The maximum Gasteiger partial charge on any atom is 0.247 e. The third-order valence-corrected chi connectivity index (χ3v) is 5.54. The van der Waals surface area contributed by atoms with E-state index in [9.17, 15) is 0 Å². The first-order valence-electron chi connectivity index (χ1n) is 8.88. The maximum absolute atomic E-state index is 6.20. The lowest BCUT2D eigenvalue weighted by molar-refractivity contribution is 0.196. The first kappa shape index (κ1) is 18.2. The molecule has 1 aliphatic rings. The fraction of sp³-hybridized carbons (Fsp3) is 0.0952. The molecule has 144 valence electrons. The maximum atomic E-state index is 6.20. The minimum Gasteiger partial charge on any atom is -0.455 e. The van der Waals surface area contributed by atoms with Crippen molar-refractivity contribution in [3.63, 3.8) is 0 Å². The molecule has 1 N–H and O–H groups in total. The van der Waals surface area contributed by atoms with Crippen LogP contribution < -0.4 is 10.1 Å². The van der Waals surface area contributed by atoms with Gasteiger partial charge in [0.05, 0.1) is 0 Å². The van der Waals surface area contributed by atoms with Gasteiger partial charge in [0.2, 0.25) is 17.3 Å². The number of hydrogen-bond donors (Lipinski definition) is 1. The molecule has 4 aromatic rings. The largest absolute Gasteiger partial charge is 0.455 e. The van der Waals surface area contributed by atoms with Gasteiger partial charge in [0.1, 0.15) is 5.76 Å². The van der Waals surface area contributed by atoms with Crippen molar-refractivity contribution in [2.75, 3.05) is 11.6 Å². The van der Waals surface area contributed by atoms with Crippen molar-refractivity contribution < 1.29 is 9.15 Å². The molecule has 0 saturated heterocycles. The van der Waals surface area contributed by atoms with Crippen molar-refractivity contribution in [2.45, 2.75) is 11.4 Å². The standard InChI is InChI=1S/C21H15BrN4O2S/c1-29-21-24-20-18(25-26-21)14-7-2-3-8-15(14)23-19(28-20)17-10-9-16(27-17)12-5-4-6-13(22)11-12/h2-11,19,23H,1H3/t19-/m1/s1. The number of hydrogen-bond acceptors (Lipinski definition) is 7. The molecule has 1 atom stereocenters. The average Bonchev–Trinajstić information content (AvgIpc) is 3.18. The van der Waals surface area contributed by atoms with E-state index in [1.807, 2.05) is 66.9 Å². The number of benzene rings is 2. The Morgan fingerprint density at radius 1 is 1.03 bits per heavy atom. The minimum atomic E-state index is -0.551. The third-order valence-electron chi connectivity index (χ3n) is 4.51. The summed E-state index contributed by atoms with van der Waals surface area (Å²) in [6.07, 6.45) is 1.35. The molecule has 6 nitrogen and oxygen atoms in total. The van der Waals surface area contributed by atoms with E-state index < -0.39 is 6.23 Å². The Morgan fingerprint density at radius 2 is 1.93 bits per heavy atom. The summed E-state index contributed by atoms with van der Waals surface area (Å²) < 4.78 is 13.3. The summed E-state index contributed by atoms with van der Waals surface area (Å²) in [6.45, 7) is 0. The minimum absolute atomic E-state index is 0.423. The first-order chi connectivity index (χ1) is 14.2.